The number of benzene rings is 1. The zero-order chi connectivity index (χ0) is 13.5. The zero-order valence-corrected chi connectivity index (χ0v) is 11.6. The van der Waals surface area contributed by atoms with Crippen molar-refractivity contribution >= 4 is 17.7 Å². The second-order valence-electron chi connectivity index (χ2n) is 4.13. The third-order valence-electron chi connectivity index (χ3n) is 2.31. The van der Waals surface area contributed by atoms with Gasteiger partial charge in [-0.2, -0.15) is 0 Å². The van der Waals surface area contributed by atoms with Gasteiger partial charge in [-0.1, -0.05) is 26.0 Å². The van der Waals surface area contributed by atoms with Crippen molar-refractivity contribution in [3.05, 3.63) is 29.6 Å². The number of ether oxygens (including phenoxy) is 1. The number of carbonyl (C=O) groups is 1. The summed E-state index contributed by atoms with van der Waals surface area (Å²) in [4.78, 5) is 11.6. The van der Waals surface area contributed by atoms with Gasteiger partial charge in [-0.25, -0.2) is 4.39 Å². The van der Waals surface area contributed by atoms with Crippen LogP contribution in [0.4, 0.5) is 4.39 Å². The highest BCUT2D eigenvalue weighted by atomic mass is 32.2. The van der Waals surface area contributed by atoms with Crippen LogP contribution in [-0.2, 0) is 16.1 Å². The molecule has 5 heteroatoms. The number of thioether (sulfide) groups is 1. The van der Waals surface area contributed by atoms with Gasteiger partial charge >= 0.3 is 5.97 Å². The summed E-state index contributed by atoms with van der Waals surface area (Å²) in [5, 5.41) is 3.23. The van der Waals surface area contributed by atoms with Crippen LogP contribution in [0.5, 0.6) is 0 Å². The SMILES string of the molecule is COC(=O)CSc1c(F)cccc1CNC(C)C. The van der Waals surface area contributed by atoms with Gasteiger partial charge in [0.05, 0.1) is 12.9 Å². The third kappa shape index (κ3) is 4.66. The minimum Gasteiger partial charge on any atom is -0.468 e. The predicted molar refractivity (Wildman–Crippen MR) is 71.1 cm³/mol. The maximum absolute atomic E-state index is 13.7. The molecule has 1 rings (SSSR count). The maximum Gasteiger partial charge on any atom is 0.315 e. The summed E-state index contributed by atoms with van der Waals surface area (Å²) < 4.78 is 18.3. The van der Waals surface area contributed by atoms with E-state index in [4.69, 9.17) is 0 Å². The van der Waals surface area contributed by atoms with E-state index in [-0.39, 0.29) is 17.5 Å². The fourth-order valence-corrected chi connectivity index (χ4v) is 2.27. The first kappa shape index (κ1) is 15.0. The van der Waals surface area contributed by atoms with Crippen LogP contribution < -0.4 is 5.32 Å². The molecule has 0 aliphatic carbocycles. The third-order valence-corrected chi connectivity index (χ3v) is 3.44. The number of carbonyl (C=O) groups excluding carboxylic acids is 1. The molecule has 0 aliphatic heterocycles. The van der Waals surface area contributed by atoms with Crippen LogP contribution in [0.1, 0.15) is 19.4 Å². The Morgan fingerprint density at radius 1 is 1.50 bits per heavy atom. The molecule has 0 aromatic heterocycles. The van der Waals surface area contributed by atoms with Crippen molar-refractivity contribution in [2.24, 2.45) is 0 Å². The van der Waals surface area contributed by atoms with Crippen molar-refractivity contribution < 1.29 is 13.9 Å². The Kier molecular flexibility index (Phi) is 6.15. The molecule has 0 atom stereocenters. The standard InChI is InChI=1S/C13H18FNO2S/c1-9(2)15-7-10-5-4-6-11(14)13(10)18-8-12(16)17-3/h4-6,9,15H,7-8H2,1-3H3. The second-order valence-corrected chi connectivity index (χ2v) is 5.11. The Morgan fingerprint density at radius 3 is 2.83 bits per heavy atom. The number of esters is 1. The van der Waals surface area contributed by atoms with Crippen molar-refractivity contribution in [3.8, 4) is 0 Å². The highest BCUT2D eigenvalue weighted by Gasteiger charge is 2.11. The smallest absolute Gasteiger partial charge is 0.315 e. The van der Waals surface area contributed by atoms with Gasteiger partial charge < -0.3 is 10.1 Å². The summed E-state index contributed by atoms with van der Waals surface area (Å²) in [5.41, 5.74) is 0.859. The van der Waals surface area contributed by atoms with Crippen LogP contribution in [0.25, 0.3) is 0 Å². The van der Waals surface area contributed by atoms with Gasteiger partial charge in [0.25, 0.3) is 0 Å². The first-order valence-corrected chi connectivity index (χ1v) is 6.73. The van der Waals surface area contributed by atoms with Crippen LogP contribution in [-0.4, -0.2) is 24.9 Å². The van der Waals surface area contributed by atoms with Crippen LogP contribution >= 0.6 is 11.8 Å². The molecule has 0 fully saturated rings. The number of rotatable bonds is 6. The summed E-state index contributed by atoms with van der Waals surface area (Å²) >= 11 is 1.17. The van der Waals surface area contributed by atoms with Gasteiger partial charge in [0.15, 0.2) is 0 Å². The quantitative estimate of drug-likeness (QED) is 0.637. The molecule has 0 bridgehead atoms. The minimum absolute atomic E-state index is 0.117. The van der Waals surface area contributed by atoms with E-state index in [1.807, 2.05) is 19.9 Å². The molecule has 0 aliphatic rings. The molecule has 1 aromatic carbocycles. The van der Waals surface area contributed by atoms with Crippen molar-refractivity contribution in [2.45, 2.75) is 31.3 Å². The summed E-state index contributed by atoms with van der Waals surface area (Å²) in [6, 6.07) is 5.26. The first-order chi connectivity index (χ1) is 8.54. The lowest BCUT2D eigenvalue weighted by atomic mass is 10.2. The van der Waals surface area contributed by atoms with E-state index in [2.05, 4.69) is 10.1 Å². The molecule has 18 heavy (non-hydrogen) atoms. The molecule has 0 heterocycles. The van der Waals surface area contributed by atoms with Gasteiger partial charge in [0.2, 0.25) is 0 Å². The predicted octanol–water partition coefficient (Wildman–Crippen LogP) is 2.59. The summed E-state index contributed by atoms with van der Waals surface area (Å²) in [5.74, 6) is -0.537. The molecule has 0 amide bonds. The van der Waals surface area contributed by atoms with Crippen molar-refractivity contribution in [1.29, 1.82) is 0 Å². The molecule has 100 valence electrons. The molecule has 1 N–H and O–H groups in total. The lowest BCUT2D eigenvalue weighted by Crippen LogP contribution is -2.22. The number of hydrogen-bond donors (Lipinski definition) is 1. The average molecular weight is 271 g/mol. The lowest BCUT2D eigenvalue weighted by molar-refractivity contribution is -0.137. The molecule has 3 nitrogen and oxygen atoms in total. The first-order valence-electron chi connectivity index (χ1n) is 5.75. The fourth-order valence-electron chi connectivity index (χ4n) is 1.36. The van der Waals surface area contributed by atoms with Crippen LogP contribution in [0, 0.1) is 5.82 Å². The number of methoxy groups -OCH3 is 1. The van der Waals surface area contributed by atoms with Crippen LogP contribution in [0.3, 0.4) is 0 Å². The highest BCUT2D eigenvalue weighted by molar-refractivity contribution is 8.00. The van der Waals surface area contributed by atoms with E-state index in [9.17, 15) is 9.18 Å². The molecule has 0 saturated heterocycles. The van der Waals surface area contributed by atoms with Gasteiger partial charge in [-0.05, 0) is 11.6 Å². The van der Waals surface area contributed by atoms with E-state index in [1.165, 1.54) is 24.9 Å². The largest absolute Gasteiger partial charge is 0.468 e. The minimum atomic E-state index is -0.356. The van der Waals surface area contributed by atoms with Gasteiger partial charge in [-0.3, -0.25) is 4.79 Å². The van der Waals surface area contributed by atoms with Crippen LogP contribution in [0.2, 0.25) is 0 Å². The average Bonchev–Trinajstić information content (AvgIpc) is 2.34. The Bertz CT molecular complexity index is 410. The monoisotopic (exact) mass is 271 g/mol. The van der Waals surface area contributed by atoms with Gasteiger partial charge in [-0.15, -0.1) is 11.8 Å². The zero-order valence-electron chi connectivity index (χ0n) is 10.8. The molecular weight excluding hydrogens is 253 g/mol. The summed E-state index contributed by atoms with van der Waals surface area (Å²) in [6.07, 6.45) is 0. The maximum atomic E-state index is 13.7. The Morgan fingerprint density at radius 2 is 2.22 bits per heavy atom. The molecular formula is C13H18FNO2S. The van der Waals surface area contributed by atoms with Gasteiger partial charge in [0.1, 0.15) is 5.82 Å². The molecule has 0 spiro atoms. The lowest BCUT2D eigenvalue weighted by Gasteiger charge is -2.12. The van der Waals surface area contributed by atoms with Crippen LogP contribution in [0.15, 0.2) is 23.1 Å². The number of nitrogens with one attached hydrogen (secondary N) is 1. The Balaban J connectivity index is 2.76. The van der Waals surface area contributed by atoms with E-state index in [0.29, 0.717) is 17.5 Å². The number of hydrogen-bond acceptors (Lipinski definition) is 4. The second kappa shape index (κ2) is 7.38. The van der Waals surface area contributed by atoms with E-state index >= 15 is 0 Å². The molecule has 1 aromatic rings. The van der Waals surface area contributed by atoms with E-state index in [1.54, 1.807) is 6.07 Å². The fraction of sp³-hybridized carbons (Fsp3) is 0.462. The highest BCUT2D eigenvalue weighted by Crippen LogP contribution is 2.26. The van der Waals surface area contributed by atoms with Crippen molar-refractivity contribution in [3.63, 3.8) is 0 Å². The summed E-state index contributed by atoms with van der Waals surface area (Å²) in [6.45, 7) is 4.64. The summed E-state index contributed by atoms with van der Waals surface area (Å²) in [7, 11) is 1.32. The Labute approximate surface area is 111 Å². The van der Waals surface area contributed by atoms with Crippen molar-refractivity contribution in [2.75, 3.05) is 12.9 Å². The van der Waals surface area contributed by atoms with Crippen molar-refractivity contribution in [1.82, 2.24) is 5.32 Å². The van der Waals surface area contributed by atoms with E-state index < -0.39 is 0 Å². The number of halogens is 1. The van der Waals surface area contributed by atoms with E-state index in [0.717, 1.165) is 5.56 Å². The molecule has 0 saturated carbocycles. The van der Waals surface area contributed by atoms with Gasteiger partial charge in [0, 0.05) is 17.5 Å². The molecule has 0 radical (unpaired) electrons. The molecule has 0 unspecified atom stereocenters. The Hall–Kier alpha value is -1.07. The normalized spacial score (nSPS) is 10.7. The topological polar surface area (TPSA) is 38.3 Å².